The van der Waals surface area contributed by atoms with E-state index >= 15 is 0 Å². The van der Waals surface area contributed by atoms with Crippen molar-refractivity contribution < 1.29 is 4.74 Å². The Morgan fingerprint density at radius 2 is 2.11 bits per heavy atom. The van der Waals surface area contributed by atoms with Gasteiger partial charge in [0.25, 0.3) is 0 Å². The third kappa shape index (κ3) is 3.05. The van der Waals surface area contributed by atoms with E-state index in [1.165, 1.54) is 0 Å². The number of hydrogen-bond donors (Lipinski definition) is 0. The number of benzene rings is 1. The highest BCUT2D eigenvalue weighted by Crippen LogP contribution is 2.19. The number of nitrogens with zero attached hydrogens (tertiary/aromatic N) is 5. The van der Waals surface area contributed by atoms with Crippen molar-refractivity contribution in [3.63, 3.8) is 0 Å². The molecule has 0 saturated heterocycles. The first kappa shape index (κ1) is 13.0. The van der Waals surface area contributed by atoms with Crippen LogP contribution in [0.5, 0.6) is 5.75 Å². The topological polar surface area (TPSA) is 75.8 Å². The van der Waals surface area contributed by atoms with E-state index in [1.54, 1.807) is 24.3 Å². The van der Waals surface area contributed by atoms with E-state index in [1.807, 2.05) is 17.8 Å². The van der Waals surface area contributed by atoms with Crippen LogP contribution in [0.1, 0.15) is 18.2 Å². The van der Waals surface area contributed by atoms with Gasteiger partial charge in [-0.1, -0.05) is 5.11 Å². The summed E-state index contributed by atoms with van der Waals surface area (Å²) in [7, 11) is 0. The molecular formula is C13H15N5O. The summed E-state index contributed by atoms with van der Waals surface area (Å²) in [5.41, 5.74) is 11.1. The molecule has 98 valence electrons. The first-order valence-corrected chi connectivity index (χ1v) is 6.04. The molecular weight excluding hydrogens is 242 g/mol. The smallest absolute Gasteiger partial charge is 0.119 e. The van der Waals surface area contributed by atoms with Crippen molar-refractivity contribution in [2.75, 3.05) is 0 Å². The maximum absolute atomic E-state index is 8.32. The van der Waals surface area contributed by atoms with Crippen molar-refractivity contribution >= 4 is 5.69 Å². The number of hydrogen-bond acceptors (Lipinski definition) is 3. The molecule has 6 heteroatoms. The largest absolute Gasteiger partial charge is 0.489 e. The summed E-state index contributed by atoms with van der Waals surface area (Å²) in [5.74, 6) is 0.737. The molecule has 0 atom stereocenters. The normalized spacial score (nSPS) is 10.0. The fourth-order valence-corrected chi connectivity index (χ4v) is 1.77. The van der Waals surface area contributed by atoms with Crippen molar-refractivity contribution in [3.8, 4) is 5.75 Å². The molecule has 0 radical (unpaired) electrons. The van der Waals surface area contributed by atoms with Gasteiger partial charge in [0.1, 0.15) is 12.4 Å². The number of aryl methyl sites for hydroxylation is 1. The monoisotopic (exact) mass is 257 g/mol. The predicted molar refractivity (Wildman–Crippen MR) is 72.2 cm³/mol. The average Bonchev–Trinajstić information content (AvgIpc) is 2.79. The van der Waals surface area contributed by atoms with Crippen LogP contribution in [0.2, 0.25) is 0 Å². The van der Waals surface area contributed by atoms with Crippen LogP contribution < -0.4 is 4.74 Å². The van der Waals surface area contributed by atoms with Crippen molar-refractivity contribution in [2.24, 2.45) is 5.11 Å². The zero-order valence-corrected chi connectivity index (χ0v) is 10.9. The lowest BCUT2D eigenvalue weighted by Crippen LogP contribution is -2.01. The Hall–Kier alpha value is -2.46. The predicted octanol–water partition coefficient (Wildman–Crippen LogP) is 3.73. The van der Waals surface area contributed by atoms with Gasteiger partial charge < -0.3 is 4.74 Å². The second-order valence-corrected chi connectivity index (χ2v) is 4.04. The molecule has 0 fully saturated rings. The molecule has 1 heterocycles. The van der Waals surface area contributed by atoms with Crippen LogP contribution in [-0.2, 0) is 13.2 Å². The molecule has 0 spiro atoms. The highest BCUT2D eigenvalue weighted by Gasteiger charge is 2.05. The zero-order chi connectivity index (χ0) is 13.7. The number of ether oxygens (including phenoxy) is 1. The summed E-state index contributed by atoms with van der Waals surface area (Å²) in [6.45, 7) is 5.42. The maximum atomic E-state index is 8.32. The maximum Gasteiger partial charge on any atom is 0.119 e. The molecule has 2 rings (SSSR count). The van der Waals surface area contributed by atoms with Gasteiger partial charge >= 0.3 is 0 Å². The lowest BCUT2D eigenvalue weighted by atomic mass is 10.2. The van der Waals surface area contributed by atoms with Gasteiger partial charge in [0, 0.05) is 28.4 Å². The molecule has 0 N–H and O–H groups in total. The van der Waals surface area contributed by atoms with E-state index in [0.29, 0.717) is 12.3 Å². The lowest BCUT2D eigenvalue weighted by Gasteiger charge is -2.06. The zero-order valence-electron chi connectivity index (χ0n) is 10.9. The minimum Gasteiger partial charge on any atom is -0.489 e. The van der Waals surface area contributed by atoms with Gasteiger partial charge in [-0.2, -0.15) is 5.10 Å². The molecule has 0 aliphatic heterocycles. The minimum atomic E-state index is 0.479. The van der Waals surface area contributed by atoms with Crippen LogP contribution in [0.15, 0.2) is 35.6 Å². The molecule has 0 aliphatic rings. The average molecular weight is 257 g/mol. The molecule has 0 bridgehead atoms. The molecule has 6 nitrogen and oxygen atoms in total. The Bertz CT molecular complexity index is 596. The van der Waals surface area contributed by atoms with Gasteiger partial charge in [0.15, 0.2) is 0 Å². The summed E-state index contributed by atoms with van der Waals surface area (Å²) in [5, 5.41) is 7.77. The molecule has 0 aliphatic carbocycles. The van der Waals surface area contributed by atoms with Crippen LogP contribution in [0.4, 0.5) is 5.69 Å². The first-order chi connectivity index (χ1) is 9.24. The van der Waals surface area contributed by atoms with E-state index in [0.717, 1.165) is 23.6 Å². The summed E-state index contributed by atoms with van der Waals surface area (Å²) >= 11 is 0. The van der Waals surface area contributed by atoms with Gasteiger partial charge in [-0.15, -0.1) is 0 Å². The summed E-state index contributed by atoms with van der Waals surface area (Å²) in [6, 6.07) is 7.00. The van der Waals surface area contributed by atoms with Crippen LogP contribution in [0.25, 0.3) is 10.4 Å². The molecule has 0 amide bonds. The van der Waals surface area contributed by atoms with Crippen molar-refractivity contribution in [1.82, 2.24) is 9.78 Å². The lowest BCUT2D eigenvalue weighted by molar-refractivity contribution is 0.305. The standard InChI is InChI=1S/C13H15N5O/c1-3-18-10(2)11(8-15-18)9-19-13-6-4-12(5-7-13)16-17-14/h4-8H,3,9H2,1-2H3. The summed E-state index contributed by atoms with van der Waals surface area (Å²) in [6.07, 6.45) is 1.83. The quantitative estimate of drug-likeness (QED) is 0.465. The van der Waals surface area contributed by atoms with Crippen molar-refractivity contribution in [2.45, 2.75) is 27.0 Å². The molecule has 1 aromatic carbocycles. The Morgan fingerprint density at radius 1 is 1.37 bits per heavy atom. The molecule has 0 unspecified atom stereocenters. The second kappa shape index (κ2) is 5.93. The van der Waals surface area contributed by atoms with Crippen LogP contribution in [0, 0.1) is 6.92 Å². The molecule has 1 aromatic heterocycles. The fourth-order valence-electron chi connectivity index (χ4n) is 1.77. The third-order valence-corrected chi connectivity index (χ3v) is 2.90. The van der Waals surface area contributed by atoms with Crippen molar-refractivity contribution in [1.29, 1.82) is 0 Å². The number of aromatic nitrogens is 2. The van der Waals surface area contributed by atoms with Gasteiger partial charge in [-0.3, -0.25) is 4.68 Å². The number of azide groups is 1. The van der Waals surface area contributed by atoms with Gasteiger partial charge in [-0.05, 0) is 43.6 Å². The fraction of sp³-hybridized carbons (Fsp3) is 0.308. The Kier molecular flexibility index (Phi) is 4.05. The van der Waals surface area contributed by atoms with Crippen LogP contribution >= 0.6 is 0 Å². The highest BCUT2D eigenvalue weighted by atomic mass is 16.5. The van der Waals surface area contributed by atoms with Gasteiger partial charge in [0.05, 0.1) is 6.20 Å². The van der Waals surface area contributed by atoms with E-state index in [2.05, 4.69) is 22.0 Å². The third-order valence-electron chi connectivity index (χ3n) is 2.90. The van der Waals surface area contributed by atoms with E-state index in [-0.39, 0.29) is 0 Å². The second-order valence-electron chi connectivity index (χ2n) is 4.04. The Balaban J connectivity index is 2.01. The molecule has 0 saturated carbocycles. The number of rotatable bonds is 5. The SMILES string of the molecule is CCn1ncc(COc2ccc(N=[N+]=[N-])cc2)c1C. The highest BCUT2D eigenvalue weighted by molar-refractivity contribution is 5.41. The molecule has 2 aromatic rings. The van der Waals surface area contributed by atoms with Crippen LogP contribution in [0.3, 0.4) is 0 Å². The summed E-state index contributed by atoms with van der Waals surface area (Å²) in [4.78, 5) is 2.73. The van der Waals surface area contributed by atoms with E-state index in [9.17, 15) is 0 Å². The van der Waals surface area contributed by atoms with Crippen LogP contribution in [-0.4, -0.2) is 9.78 Å². The minimum absolute atomic E-state index is 0.479. The van der Waals surface area contributed by atoms with E-state index in [4.69, 9.17) is 10.3 Å². The van der Waals surface area contributed by atoms with E-state index < -0.39 is 0 Å². The van der Waals surface area contributed by atoms with Crippen molar-refractivity contribution in [3.05, 3.63) is 52.2 Å². The Morgan fingerprint density at radius 3 is 2.68 bits per heavy atom. The molecule has 19 heavy (non-hydrogen) atoms. The van der Waals surface area contributed by atoms with Gasteiger partial charge in [-0.25, -0.2) is 0 Å². The first-order valence-electron chi connectivity index (χ1n) is 6.04. The van der Waals surface area contributed by atoms with Gasteiger partial charge in [0.2, 0.25) is 0 Å². The summed E-state index contributed by atoms with van der Waals surface area (Å²) < 4.78 is 7.61. The Labute approximate surface area is 111 Å².